The molecule has 0 spiro atoms. The number of aromatic carboxylic acids is 1. The van der Waals surface area contributed by atoms with E-state index in [0.717, 1.165) is 11.3 Å². The Morgan fingerprint density at radius 3 is 2.65 bits per heavy atom. The maximum Gasteiger partial charge on any atom is 0.347 e. The molecule has 2 N–H and O–H groups in total. The Labute approximate surface area is 118 Å². The van der Waals surface area contributed by atoms with Gasteiger partial charge in [-0.1, -0.05) is 5.16 Å². The molecule has 0 saturated carbocycles. The van der Waals surface area contributed by atoms with Gasteiger partial charge in [0.05, 0.1) is 11.7 Å². The van der Waals surface area contributed by atoms with Gasteiger partial charge in [0, 0.05) is 6.07 Å². The predicted molar refractivity (Wildman–Crippen MR) is 70.9 cm³/mol. The highest BCUT2D eigenvalue weighted by Gasteiger charge is 2.20. The first-order valence-corrected chi connectivity index (χ1v) is 6.65. The molecule has 0 fully saturated rings. The quantitative estimate of drug-likeness (QED) is 0.893. The van der Waals surface area contributed by atoms with E-state index in [0.29, 0.717) is 16.5 Å². The van der Waals surface area contributed by atoms with Gasteiger partial charge in [0.25, 0.3) is 5.91 Å². The zero-order valence-corrected chi connectivity index (χ0v) is 11.9. The van der Waals surface area contributed by atoms with E-state index in [4.69, 9.17) is 9.63 Å². The second kappa shape index (κ2) is 5.41. The lowest BCUT2D eigenvalue weighted by Gasteiger charge is -2.09. The summed E-state index contributed by atoms with van der Waals surface area (Å²) in [5.74, 6) is -0.864. The standard InChI is InChI=1S/C12H13N3O4S/c1-5-4-8(15-19-5)10(16)13-7(3)11-14-6(2)9(20-11)12(17)18/h4,7H,1-3H3,(H,13,16)(H,17,18). The van der Waals surface area contributed by atoms with Crippen molar-refractivity contribution in [2.24, 2.45) is 0 Å². The van der Waals surface area contributed by atoms with Crippen LogP contribution in [0.15, 0.2) is 10.6 Å². The van der Waals surface area contributed by atoms with Gasteiger partial charge in [0.15, 0.2) is 5.69 Å². The van der Waals surface area contributed by atoms with Crippen molar-refractivity contribution in [3.05, 3.63) is 33.1 Å². The largest absolute Gasteiger partial charge is 0.477 e. The summed E-state index contributed by atoms with van der Waals surface area (Å²) in [5, 5.41) is 15.8. The molecule has 8 heteroatoms. The number of hydrogen-bond acceptors (Lipinski definition) is 6. The van der Waals surface area contributed by atoms with Crippen LogP contribution < -0.4 is 5.32 Å². The molecule has 2 heterocycles. The van der Waals surface area contributed by atoms with Crippen LogP contribution in [0.1, 0.15) is 49.6 Å². The van der Waals surface area contributed by atoms with Crippen molar-refractivity contribution in [1.82, 2.24) is 15.5 Å². The molecule has 20 heavy (non-hydrogen) atoms. The number of carbonyl (C=O) groups excluding carboxylic acids is 1. The summed E-state index contributed by atoms with van der Waals surface area (Å²) in [6.45, 7) is 5.05. The molecular weight excluding hydrogens is 282 g/mol. The summed E-state index contributed by atoms with van der Waals surface area (Å²) in [4.78, 5) is 27.2. The molecule has 0 aliphatic carbocycles. The van der Waals surface area contributed by atoms with E-state index in [1.54, 1.807) is 20.8 Å². The van der Waals surface area contributed by atoms with Gasteiger partial charge in [-0.2, -0.15) is 0 Å². The third-order valence-electron chi connectivity index (χ3n) is 2.59. The first-order valence-electron chi connectivity index (χ1n) is 5.83. The highest BCUT2D eigenvalue weighted by Crippen LogP contribution is 2.23. The number of hydrogen-bond donors (Lipinski definition) is 2. The molecule has 2 rings (SSSR count). The lowest BCUT2D eigenvalue weighted by atomic mass is 10.3. The molecular formula is C12H13N3O4S. The van der Waals surface area contributed by atoms with Crippen molar-refractivity contribution in [1.29, 1.82) is 0 Å². The zero-order chi connectivity index (χ0) is 14.9. The predicted octanol–water partition coefficient (Wildman–Crippen LogP) is 1.94. The number of nitrogens with one attached hydrogen (secondary N) is 1. The number of carbonyl (C=O) groups is 2. The Morgan fingerprint density at radius 2 is 2.15 bits per heavy atom. The number of rotatable bonds is 4. The average molecular weight is 295 g/mol. The lowest BCUT2D eigenvalue weighted by molar-refractivity contribution is 0.0700. The van der Waals surface area contributed by atoms with E-state index in [1.807, 2.05) is 0 Å². The summed E-state index contributed by atoms with van der Waals surface area (Å²) in [5.41, 5.74) is 0.622. The van der Waals surface area contributed by atoms with Crippen LogP contribution in [-0.2, 0) is 0 Å². The Hall–Kier alpha value is -2.22. The zero-order valence-electron chi connectivity index (χ0n) is 11.1. The SMILES string of the molecule is Cc1cc(C(=O)NC(C)c2nc(C)c(C(=O)O)s2)no1. The smallest absolute Gasteiger partial charge is 0.347 e. The molecule has 0 bridgehead atoms. The number of amides is 1. The minimum absolute atomic E-state index is 0.179. The third-order valence-corrected chi connectivity index (χ3v) is 3.91. The fraction of sp³-hybridized carbons (Fsp3) is 0.333. The van der Waals surface area contributed by atoms with Crippen LogP contribution in [0.4, 0.5) is 0 Å². The van der Waals surface area contributed by atoms with E-state index in [1.165, 1.54) is 6.07 Å². The molecule has 0 saturated heterocycles. The van der Waals surface area contributed by atoms with E-state index in [-0.39, 0.29) is 16.5 Å². The molecule has 1 amide bonds. The monoisotopic (exact) mass is 295 g/mol. The molecule has 1 atom stereocenters. The van der Waals surface area contributed by atoms with Crippen LogP contribution in [0.5, 0.6) is 0 Å². The Balaban J connectivity index is 2.12. The van der Waals surface area contributed by atoms with Crippen molar-refractivity contribution in [3.63, 3.8) is 0 Å². The van der Waals surface area contributed by atoms with Crippen LogP contribution in [0.2, 0.25) is 0 Å². The summed E-state index contributed by atoms with van der Waals surface area (Å²) in [6, 6.07) is 1.12. The third kappa shape index (κ3) is 2.85. The fourth-order valence-corrected chi connectivity index (χ4v) is 2.51. The van der Waals surface area contributed by atoms with E-state index in [2.05, 4.69) is 15.5 Å². The van der Waals surface area contributed by atoms with E-state index < -0.39 is 12.0 Å². The molecule has 0 aliphatic rings. The maximum absolute atomic E-state index is 11.9. The minimum Gasteiger partial charge on any atom is -0.477 e. The lowest BCUT2D eigenvalue weighted by Crippen LogP contribution is -2.26. The molecule has 106 valence electrons. The van der Waals surface area contributed by atoms with Gasteiger partial charge >= 0.3 is 5.97 Å². The van der Waals surface area contributed by atoms with Gasteiger partial charge in [-0.15, -0.1) is 11.3 Å². The Bertz CT molecular complexity index is 661. The van der Waals surface area contributed by atoms with Gasteiger partial charge < -0.3 is 14.9 Å². The molecule has 0 radical (unpaired) electrons. The van der Waals surface area contributed by atoms with Gasteiger partial charge in [-0.3, -0.25) is 4.79 Å². The van der Waals surface area contributed by atoms with E-state index >= 15 is 0 Å². The Kier molecular flexibility index (Phi) is 3.84. The highest BCUT2D eigenvalue weighted by atomic mass is 32.1. The number of aryl methyl sites for hydroxylation is 2. The van der Waals surface area contributed by atoms with Crippen LogP contribution in [-0.4, -0.2) is 27.1 Å². The maximum atomic E-state index is 11.9. The summed E-state index contributed by atoms with van der Waals surface area (Å²) in [6.07, 6.45) is 0. The number of thiazole rings is 1. The molecule has 0 aliphatic heterocycles. The average Bonchev–Trinajstić information content (AvgIpc) is 2.95. The molecule has 2 aromatic heterocycles. The van der Waals surface area contributed by atoms with Crippen molar-refractivity contribution < 1.29 is 19.2 Å². The molecule has 0 aromatic carbocycles. The number of carboxylic acid groups (broad SMARTS) is 1. The molecule has 7 nitrogen and oxygen atoms in total. The van der Waals surface area contributed by atoms with Crippen LogP contribution in [0, 0.1) is 13.8 Å². The number of carboxylic acids is 1. The van der Waals surface area contributed by atoms with Crippen LogP contribution in [0.25, 0.3) is 0 Å². The van der Waals surface area contributed by atoms with Crippen LogP contribution in [0.3, 0.4) is 0 Å². The number of aromatic nitrogens is 2. The second-order valence-corrected chi connectivity index (χ2v) is 5.32. The fourth-order valence-electron chi connectivity index (χ4n) is 1.61. The molecule has 2 aromatic rings. The van der Waals surface area contributed by atoms with E-state index in [9.17, 15) is 9.59 Å². The minimum atomic E-state index is -1.02. The topological polar surface area (TPSA) is 105 Å². The second-order valence-electron chi connectivity index (χ2n) is 4.29. The molecule has 1 unspecified atom stereocenters. The van der Waals surface area contributed by atoms with Gasteiger partial charge in [-0.25, -0.2) is 9.78 Å². The number of nitrogens with zero attached hydrogens (tertiary/aromatic N) is 2. The summed E-state index contributed by atoms with van der Waals surface area (Å²) < 4.78 is 4.83. The van der Waals surface area contributed by atoms with Crippen LogP contribution >= 0.6 is 11.3 Å². The Morgan fingerprint density at radius 1 is 1.45 bits per heavy atom. The van der Waals surface area contributed by atoms with Crippen molar-refractivity contribution in [2.45, 2.75) is 26.8 Å². The normalized spacial score (nSPS) is 12.2. The van der Waals surface area contributed by atoms with Gasteiger partial charge in [0.1, 0.15) is 15.6 Å². The van der Waals surface area contributed by atoms with Crippen molar-refractivity contribution in [2.75, 3.05) is 0 Å². The first-order chi connectivity index (χ1) is 9.38. The van der Waals surface area contributed by atoms with Crippen molar-refractivity contribution >= 4 is 23.2 Å². The van der Waals surface area contributed by atoms with Crippen molar-refractivity contribution in [3.8, 4) is 0 Å². The summed E-state index contributed by atoms with van der Waals surface area (Å²) >= 11 is 1.05. The summed E-state index contributed by atoms with van der Waals surface area (Å²) in [7, 11) is 0. The van der Waals surface area contributed by atoms with Gasteiger partial charge in [-0.05, 0) is 20.8 Å². The highest BCUT2D eigenvalue weighted by molar-refractivity contribution is 7.13. The van der Waals surface area contributed by atoms with Gasteiger partial charge in [0.2, 0.25) is 0 Å². The first kappa shape index (κ1) is 14.2.